The molecule has 0 aliphatic heterocycles. The zero-order chi connectivity index (χ0) is 22.6. The fraction of sp³-hybridized carbons (Fsp3) is 0.542. The van der Waals surface area contributed by atoms with Crippen LogP contribution in [0.25, 0.3) is 5.69 Å². The Hall–Kier alpha value is -2.67. The smallest absolute Gasteiger partial charge is 0.245 e. The molecule has 1 heterocycles. The number of aromatic nitrogens is 2. The lowest BCUT2D eigenvalue weighted by molar-refractivity contribution is -0.141. The average Bonchev–Trinajstić information content (AvgIpc) is 3.07. The Morgan fingerprint density at radius 3 is 2.58 bits per heavy atom. The van der Waals surface area contributed by atoms with Crippen LogP contribution in [0.15, 0.2) is 30.3 Å². The van der Waals surface area contributed by atoms with Crippen LogP contribution in [0.1, 0.15) is 51.3 Å². The number of carbonyl (C=O) groups is 2. The van der Waals surface area contributed by atoms with Gasteiger partial charge in [0.05, 0.1) is 24.5 Å². The molecular formula is C24H34N4O3. The predicted octanol–water partition coefficient (Wildman–Crippen LogP) is 3.69. The number of amides is 2. The molecule has 1 N–H and O–H groups in total. The molecule has 1 aliphatic carbocycles. The molecule has 0 spiro atoms. The molecule has 0 unspecified atom stereocenters. The molecule has 31 heavy (non-hydrogen) atoms. The third-order valence-corrected chi connectivity index (χ3v) is 5.66. The summed E-state index contributed by atoms with van der Waals surface area (Å²) in [6, 6.07) is 9.90. The Labute approximate surface area is 184 Å². The number of aryl methyl sites for hydroxylation is 1. The number of carbonyl (C=O) groups excluding carboxylic acids is 2. The highest BCUT2D eigenvalue weighted by Crippen LogP contribution is 2.29. The van der Waals surface area contributed by atoms with E-state index >= 15 is 0 Å². The maximum atomic E-state index is 12.9. The second-order valence-corrected chi connectivity index (χ2v) is 9.34. The van der Waals surface area contributed by atoms with Gasteiger partial charge < -0.3 is 15.0 Å². The fourth-order valence-electron chi connectivity index (χ4n) is 3.53. The van der Waals surface area contributed by atoms with Crippen molar-refractivity contribution >= 4 is 17.6 Å². The van der Waals surface area contributed by atoms with Gasteiger partial charge in [-0.2, -0.15) is 5.10 Å². The Kier molecular flexibility index (Phi) is 7.15. The average molecular weight is 427 g/mol. The van der Waals surface area contributed by atoms with E-state index in [9.17, 15) is 9.59 Å². The van der Waals surface area contributed by atoms with Crippen molar-refractivity contribution in [3.63, 3.8) is 0 Å². The van der Waals surface area contributed by atoms with E-state index in [4.69, 9.17) is 9.84 Å². The zero-order valence-electron chi connectivity index (χ0n) is 19.3. The summed E-state index contributed by atoms with van der Waals surface area (Å²) in [5.74, 6) is 0.442. The first-order valence-electron chi connectivity index (χ1n) is 10.9. The summed E-state index contributed by atoms with van der Waals surface area (Å²) in [5.41, 5.74) is 2.71. The summed E-state index contributed by atoms with van der Waals surface area (Å²) in [5, 5.41) is 7.75. The standard InChI is InChI=1S/C24H34N4O3/c1-17-8-6-11-19(14-17)28-21(15-20(26-28)24(2,3)4)25-22(29)16-27(12-13-31-5)23(30)18-9-7-10-18/h6,8,11,14-15,18H,7,9-10,12-13,16H2,1-5H3,(H,25,29). The van der Waals surface area contributed by atoms with Crippen molar-refractivity contribution in [2.45, 2.75) is 52.4 Å². The van der Waals surface area contributed by atoms with Crippen LogP contribution in [0.3, 0.4) is 0 Å². The lowest BCUT2D eigenvalue weighted by atomic mass is 9.84. The highest BCUT2D eigenvalue weighted by Gasteiger charge is 2.30. The van der Waals surface area contributed by atoms with Crippen molar-refractivity contribution in [2.75, 3.05) is 32.1 Å². The minimum absolute atomic E-state index is 0.00252. The van der Waals surface area contributed by atoms with Crippen molar-refractivity contribution in [3.8, 4) is 5.69 Å². The van der Waals surface area contributed by atoms with Crippen LogP contribution in [0.5, 0.6) is 0 Å². The molecule has 1 aliphatic rings. The van der Waals surface area contributed by atoms with Gasteiger partial charge in [-0.05, 0) is 37.5 Å². The maximum absolute atomic E-state index is 12.9. The first-order valence-corrected chi connectivity index (χ1v) is 10.9. The first kappa shape index (κ1) is 23.0. The van der Waals surface area contributed by atoms with Crippen molar-refractivity contribution in [1.29, 1.82) is 0 Å². The molecule has 0 bridgehead atoms. The van der Waals surface area contributed by atoms with Crippen LogP contribution in [0.2, 0.25) is 0 Å². The zero-order valence-corrected chi connectivity index (χ0v) is 19.3. The van der Waals surface area contributed by atoms with E-state index in [-0.39, 0.29) is 29.7 Å². The summed E-state index contributed by atoms with van der Waals surface area (Å²) in [4.78, 5) is 27.3. The lowest BCUT2D eigenvalue weighted by Crippen LogP contribution is -2.44. The van der Waals surface area contributed by atoms with Gasteiger partial charge in [-0.3, -0.25) is 9.59 Å². The number of benzene rings is 1. The largest absolute Gasteiger partial charge is 0.383 e. The third kappa shape index (κ3) is 5.73. The van der Waals surface area contributed by atoms with Gasteiger partial charge in [0.15, 0.2) is 0 Å². The van der Waals surface area contributed by atoms with Crippen molar-refractivity contribution in [2.24, 2.45) is 5.92 Å². The number of hydrogen-bond acceptors (Lipinski definition) is 4. The number of methoxy groups -OCH3 is 1. The molecular weight excluding hydrogens is 392 g/mol. The minimum Gasteiger partial charge on any atom is -0.383 e. The molecule has 7 nitrogen and oxygen atoms in total. The number of hydrogen-bond donors (Lipinski definition) is 1. The molecule has 0 atom stereocenters. The van der Waals surface area contributed by atoms with Crippen LogP contribution >= 0.6 is 0 Å². The highest BCUT2D eigenvalue weighted by atomic mass is 16.5. The van der Waals surface area contributed by atoms with E-state index in [1.807, 2.05) is 37.3 Å². The number of ether oxygens (including phenoxy) is 1. The van der Waals surface area contributed by atoms with E-state index < -0.39 is 0 Å². The number of rotatable bonds is 8. The molecule has 2 amide bonds. The van der Waals surface area contributed by atoms with Crippen molar-refractivity contribution < 1.29 is 14.3 Å². The van der Waals surface area contributed by atoms with Gasteiger partial charge in [0, 0.05) is 31.1 Å². The quantitative estimate of drug-likeness (QED) is 0.698. The van der Waals surface area contributed by atoms with E-state index in [1.54, 1.807) is 16.7 Å². The molecule has 1 fully saturated rings. The highest BCUT2D eigenvalue weighted by molar-refractivity contribution is 5.94. The van der Waals surface area contributed by atoms with Crippen molar-refractivity contribution in [3.05, 3.63) is 41.6 Å². The second kappa shape index (κ2) is 9.64. The fourth-order valence-corrected chi connectivity index (χ4v) is 3.53. The summed E-state index contributed by atoms with van der Waals surface area (Å²) in [6.45, 7) is 9.10. The van der Waals surface area contributed by atoms with Crippen LogP contribution < -0.4 is 5.32 Å². The molecule has 7 heteroatoms. The van der Waals surface area contributed by atoms with Gasteiger partial charge in [0.1, 0.15) is 5.82 Å². The molecule has 1 aromatic heterocycles. The summed E-state index contributed by atoms with van der Waals surface area (Å²) >= 11 is 0. The molecule has 1 saturated carbocycles. The molecule has 1 aromatic carbocycles. The molecule has 0 radical (unpaired) electrons. The van der Waals surface area contributed by atoms with Gasteiger partial charge in [0.25, 0.3) is 0 Å². The minimum atomic E-state index is -0.238. The lowest BCUT2D eigenvalue weighted by Gasteiger charge is -2.31. The Bertz CT molecular complexity index is 925. The Balaban J connectivity index is 1.81. The van der Waals surface area contributed by atoms with Gasteiger partial charge in [0.2, 0.25) is 11.8 Å². The normalized spacial score (nSPS) is 14.2. The molecule has 3 rings (SSSR count). The first-order chi connectivity index (χ1) is 14.7. The predicted molar refractivity (Wildman–Crippen MR) is 121 cm³/mol. The second-order valence-electron chi connectivity index (χ2n) is 9.34. The van der Waals surface area contributed by atoms with Gasteiger partial charge in [-0.1, -0.05) is 39.3 Å². The van der Waals surface area contributed by atoms with E-state index in [1.165, 1.54) is 0 Å². The summed E-state index contributed by atoms with van der Waals surface area (Å²) in [7, 11) is 1.60. The number of nitrogens with one attached hydrogen (secondary N) is 1. The summed E-state index contributed by atoms with van der Waals surface area (Å²) in [6.07, 6.45) is 2.88. The maximum Gasteiger partial charge on any atom is 0.245 e. The number of anilines is 1. The topological polar surface area (TPSA) is 76.5 Å². The Morgan fingerprint density at radius 1 is 1.26 bits per heavy atom. The molecule has 168 valence electrons. The molecule has 0 saturated heterocycles. The van der Waals surface area contributed by atoms with Crippen LogP contribution in [0, 0.1) is 12.8 Å². The van der Waals surface area contributed by atoms with Crippen LogP contribution in [0.4, 0.5) is 5.82 Å². The van der Waals surface area contributed by atoms with Crippen LogP contribution in [-0.2, 0) is 19.7 Å². The monoisotopic (exact) mass is 426 g/mol. The Morgan fingerprint density at radius 2 is 2.00 bits per heavy atom. The summed E-state index contributed by atoms with van der Waals surface area (Å²) < 4.78 is 6.91. The third-order valence-electron chi connectivity index (χ3n) is 5.66. The molecule has 2 aromatic rings. The van der Waals surface area contributed by atoms with Crippen molar-refractivity contribution in [1.82, 2.24) is 14.7 Å². The van der Waals surface area contributed by atoms with Crippen LogP contribution in [-0.4, -0.2) is 53.3 Å². The van der Waals surface area contributed by atoms with E-state index in [2.05, 4.69) is 26.1 Å². The van der Waals surface area contributed by atoms with Gasteiger partial charge in [-0.15, -0.1) is 0 Å². The van der Waals surface area contributed by atoms with Gasteiger partial charge >= 0.3 is 0 Å². The van der Waals surface area contributed by atoms with E-state index in [0.717, 1.165) is 36.2 Å². The number of nitrogens with zero attached hydrogens (tertiary/aromatic N) is 3. The SMILES string of the molecule is COCCN(CC(=O)Nc1cc(C(C)(C)C)nn1-c1cccc(C)c1)C(=O)C1CCC1. The van der Waals surface area contributed by atoms with Gasteiger partial charge in [-0.25, -0.2) is 4.68 Å². The van der Waals surface area contributed by atoms with E-state index in [0.29, 0.717) is 19.0 Å².